The Kier molecular flexibility index (Phi) is 5.18. The van der Waals surface area contributed by atoms with Crippen molar-refractivity contribution in [1.82, 2.24) is 9.47 Å². The molecule has 158 valence electrons. The first-order valence-electron chi connectivity index (χ1n) is 10.5. The first-order chi connectivity index (χ1) is 14.8. The average molecular weight is 435 g/mol. The van der Waals surface area contributed by atoms with Crippen LogP contribution in [0.1, 0.15) is 0 Å². The van der Waals surface area contributed by atoms with Crippen molar-refractivity contribution in [3.63, 3.8) is 0 Å². The van der Waals surface area contributed by atoms with Gasteiger partial charge in [-0.2, -0.15) is 0 Å². The minimum Gasteiger partial charge on any atom is -0.420 e. The van der Waals surface area contributed by atoms with Crippen molar-refractivity contribution < 1.29 is 9.15 Å². The van der Waals surface area contributed by atoms with Crippen LogP contribution in [-0.4, -0.2) is 42.3 Å². The summed E-state index contributed by atoms with van der Waals surface area (Å²) in [6.07, 6.45) is 0. The molecular formula is C25H23ClN2O3. The maximum absolute atomic E-state index is 12.7. The lowest BCUT2D eigenvalue weighted by Crippen LogP contribution is -2.38. The molecule has 3 aromatic carbocycles. The van der Waals surface area contributed by atoms with Crippen LogP contribution >= 0.6 is 12.4 Å². The van der Waals surface area contributed by atoms with Crippen molar-refractivity contribution in [3.8, 4) is 0 Å². The molecule has 0 unspecified atom stereocenters. The highest BCUT2D eigenvalue weighted by Gasteiger charge is 2.20. The monoisotopic (exact) mass is 434 g/mol. The van der Waals surface area contributed by atoms with Crippen LogP contribution in [0.2, 0.25) is 0 Å². The number of aromatic nitrogens is 1. The van der Waals surface area contributed by atoms with Crippen molar-refractivity contribution in [2.75, 3.05) is 32.8 Å². The summed E-state index contributed by atoms with van der Waals surface area (Å²) in [5, 5.41) is 4.94. The van der Waals surface area contributed by atoms with Crippen LogP contribution in [0.4, 0.5) is 0 Å². The molecule has 5 aromatic rings. The third-order valence-corrected chi connectivity index (χ3v) is 6.24. The molecule has 1 fully saturated rings. The number of ether oxygens (including phenoxy) is 1. The Labute approximate surface area is 185 Å². The van der Waals surface area contributed by atoms with E-state index in [0.29, 0.717) is 11.0 Å². The van der Waals surface area contributed by atoms with Gasteiger partial charge in [0.05, 0.1) is 29.6 Å². The van der Waals surface area contributed by atoms with E-state index in [1.54, 1.807) is 0 Å². The molecule has 5 nitrogen and oxygen atoms in total. The summed E-state index contributed by atoms with van der Waals surface area (Å²) < 4.78 is 13.8. The summed E-state index contributed by atoms with van der Waals surface area (Å²) in [4.78, 5) is 15.2. The van der Waals surface area contributed by atoms with Gasteiger partial charge in [0.25, 0.3) is 0 Å². The lowest BCUT2D eigenvalue weighted by molar-refractivity contribution is 0.0367. The molecule has 2 aromatic heterocycles. The first-order valence-corrected chi connectivity index (χ1v) is 10.5. The molecule has 31 heavy (non-hydrogen) atoms. The largest absolute Gasteiger partial charge is 0.420 e. The van der Waals surface area contributed by atoms with Crippen LogP contribution in [0.25, 0.3) is 43.5 Å². The Balaban J connectivity index is 0.00000204. The highest BCUT2D eigenvalue weighted by Crippen LogP contribution is 2.36. The number of benzene rings is 3. The van der Waals surface area contributed by atoms with Crippen LogP contribution in [0.5, 0.6) is 0 Å². The van der Waals surface area contributed by atoms with Gasteiger partial charge in [-0.3, -0.25) is 4.90 Å². The number of halogens is 1. The molecule has 6 rings (SSSR count). The van der Waals surface area contributed by atoms with Crippen LogP contribution in [0.3, 0.4) is 0 Å². The van der Waals surface area contributed by atoms with Gasteiger partial charge < -0.3 is 13.7 Å². The fourth-order valence-corrected chi connectivity index (χ4v) is 4.77. The topological polar surface area (TPSA) is 47.6 Å². The highest BCUT2D eigenvalue weighted by atomic mass is 35.5. The molecule has 1 saturated heterocycles. The van der Waals surface area contributed by atoms with E-state index in [1.807, 2.05) is 24.3 Å². The zero-order valence-electron chi connectivity index (χ0n) is 17.0. The highest BCUT2D eigenvalue weighted by molar-refractivity contribution is 6.20. The maximum Gasteiger partial charge on any atom is 0.344 e. The Bertz CT molecular complexity index is 1460. The molecule has 0 saturated carbocycles. The van der Waals surface area contributed by atoms with Crippen molar-refractivity contribution in [1.29, 1.82) is 0 Å². The van der Waals surface area contributed by atoms with E-state index < -0.39 is 0 Å². The van der Waals surface area contributed by atoms with Gasteiger partial charge in [0.15, 0.2) is 5.58 Å². The molecule has 0 aliphatic carbocycles. The molecule has 0 N–H and O–H groups in total. The summed E-state index contributed by atoms with van der Waals surface area (Å²) in [5.41, 5.74) is 2.54. The average Bonchev–Trinajstić information content (AvgIpc) is 3.12. The number of hydrogen-bond acceptors (Lipinski definition) is 4. The third-order valence-electron chi connectivity index (χ3n) is 6.24. The summed E-state index contributed by atoms with van der Waals surface area (Å²) in [6, 6.07) is 20.4. The molecule has 0 spiro atoms. The second-order valence-electron chi connectivity index (χ2n) is 7.90. The summed E-state index contributed by atoms with van der Waals surface area (Å²) >= 11 is 0. The van der Waals surface area contributed by atoms with Gasteiger partial charge in [0, 0.05) is 42.3 Å². The normalized spacial score (nSPS) is 15.1. The van der Waals surface area contributed by atoms with E-state index in [2.05, 4.69) is 45.9 Å². The quantitative estimate of drug-likeness (QED) is 0.409. The predicted octanol–water partition coefficient (Wildman–Crippen LogP) is 4.81. The van der Waals surface area contributed by atoms with E-state index in [0.717, 1.165) is 61.2 Å². The molecule has 3 heterocycles. The fraction of sp³-hybridized carbons (Fsp3) is 0.240. The number of fused-ring (bicyclic) bond motifs is 7. The number of rotatable bonds is 3. The molecular weight excluding hydrogens is 412 g/mol. The second kappa shape index (κ2) is 8.00. The van der Waals surface area contributed by atoms with Gasteiger partial charge in [-0.15, -0.1) is 12.4 Å². The summed E-state index contributed by atoms with van der Waals surface area (Å²) in [7, 11) is 0. The van der Waals surface area contributed by atoms with Gasteiger partial charge >= 0.3 is 5.63 Å². The van der Waals surface area contributed by atoms with Crippen molar-refractivity contribution in [2.45, 2.75) is 6.54 Å². The van der Waals surface area contributed by atoms with Gasteiger partial charge in [-0.25, -0.2) is 4.79 Å². The minimum atomic E-state index is -0.279. The van der Waals surface area contributed by atoms with Gasteiger partial charge in [0.1, 0.15) is 0 Å². The van der Waals surface area contributed by atoms with Crippen molar-refractivity contribution in [2.24, 2.45) is 0 Å². The lowest BCUT2D eigenvalue weighted by atomic mass is 10.1. The van der Waals surface area contributed by atoms with E-state index in [9.17, 15) is 4.79 Å². The molecule has 0 bridgehead atoms. The molecule has 6 heteroatoms. The van der Waals surface area contributed by atoms with Crippen LogP contribution in [-0.2, 0) is 11.3 Å². The standard InChI is InChI=1S/C25H22N2O3.ClH/c28-25-20-8-4-3-7-19(20)23-24(30-25)21-10-9-17-5-1-2-6-18(17)22(21)27(23)12-11-26-13-15-29-16-14-26;/h1-10H,11-16H2;1H. The van der Waals surface area contributed by atoms with E-state index >= 15 is 0 Å². The van der Waals surface area contributed by atoms with Gasteiger partial charge in [-0.1, -0.05) is 48.5 Å². The van der Waals surface area contributed by atoms with Crippen LogP contribution in [0.15, 0.2) is 69.9 Å². The Morgan fingerprint density at radius 2 is 1.45 bits per heavy atom. The smallest absolute Gasteiger partial charge is 0.344 e. The number of nitrogens with zero attached hydrogens (tertiary/aromatic N) is 2. The van der Waals surface area contributed by atoms with E-state index in [4.69, 9.17) is 9.15 Å². The third kappa shape index (κ3) is 3.21. The summed E-state index contributed by atoms with van der Waals surface area (Å²) in [5.74, 6) is 0. The van der Waals surface area contributed by atoms with Crippen molar-refractivity contribution in [3.05, 3.63) is 71.1 Å². The van der Waals surface area contributed by atoms with E-state index in [-0.39, 0.29) is 18.0 Å². The fourth-order valence-electron chi connectivity index (χ4n) is 4.77. The van der Waals surface area contributed by atoms with Crippen LogP contribution < -0.4 is 5.63 Å². The number of morpholine rings is 1. The molecule has 0 radical (unpaired) electrons. The zero-order chi connectivity index (χ0) is 20.1. The van der Waals surface area contributed by atoms with Gasteiger partial charge in [0.2, 0.25) is 0 Å². The van der Waals surface area contributed by atoms with Crippen molar-refractivity contribution >= 4 is 56.0 Å². The maximum atomic E-state index is 12.7. The van der Waals surface area contributed by atoms with Gasteiger partial charge in [-0.05, 0) is 17.5 Å². The molecule has 1 aliphatic rings. The Hall–Kier alpha value is -2.86. The molecule has 0 atom stereocenters. The minimum absolute atomic E-state index is 0. The Morgan fingerprint density at radius 3 is 2.26 bits per heavy atom. The predicted molar refractivity (Wildman–Crippen MR) is 127 cm³/mol. The SMILES string of the molecule is Cl.O=c1oc2c3ccc4ccccc4c3n(CCN3CCOCC3)c2c2ccccc12. The van der Waals surface area contributed by atoms with E-state index in [1.165, 1.54) is 10.8 Å². The summed E-state index contributed by atoms with van der Waals surface area (Å²) in [6.45, 7) is 5.23. The zero-order valence-corrected chi connectivity index (χ0v) is 17.9. The number of hydrogen-bond donors (Lipinski definition) is 0. The molecule has 1 aliphatic heterocycles. The second-order valence-corrected chi connectivity index (χ2v) is 7.90. The first kappa shape index (κ1) is 20.1. The molecule has 0 amide bonds. The van der Waals surface area contributed by atoms with Crippen LogP contribution in [0, 0.1) is 0 Å². The lowest BCUT2D eigenvalue weighted by Gasteiger charge is -2.27. The Morgan fingerprint density at radius 1 is 0.742 bits per heavy atom.